The number of methoxy groups -OCH3 is 1. The van der Waals surface area contributed by atoms with Gasteiger partial charge in [-0.05, 0) is 37.1 Å². The summed E-state index contributed by atoms with van der Waals surface area (Å²) < 4.78 is 4.58. The second-order valence-electron chi connectivity index (χ2n) is 4.53. The SMILES string of the molecule is COC(=O)c1ccc(C(=O)N[C@H]2CCCNC2=O)cc1. The Hall–Kier alpha value is -2.37. The van der Waals surface area contributed by atoms with Gasteiger partial charge in [0.05, 0.1) is 12.7 Å². The number of carbonyl (C=O) groups is 3. The van der Waals surface area contributed by atoms with Gasteiger partial charge in [0, 0.05) is 12.1 Å². The van der Waals surface area contributed by atoms with Gasteiger partial charge in [0.15, 0.2) is 0 Å². The molecule has 1 aliphatic rings. The van der Waals surface area contributed by atoms with Crippen LogP contribution in [0.1, 0.15) is 33.6 Å². The van der Waals surface area contributed by atoms with Crippen LogP contribution in [0.25, 0.3) is 0 Å². The lowest BCUT2D eigenvalue weighted by atomic mass is 10.1. The first-order valence-electron chi connectivity index (χ1n) is 6.39. The molecule has 0 radical (unpaired) electrons. The third-order valence-electron chi connectivity index (χ3n) is 3.16. The molecule has 1 atom stereocenters. The summed E-state index contributed by atoms with van der Waals surface area (Å²) in [6, 6.07) is 5.60. The number of piperidine rings is 1. The first-order valence-corrected chi connectivity index (χ1v) is 6.39. The molecule has 2 rings (SSSR count). The molecule has 1 aromatic rings. The maximum absolute atomic E-state index is 12.0. The standard InChI is InChI=1S/C14H16N2O4/c1-20-14(19)10-6-4-9(5-7-10)12(17)16-11-3-2-8-15-13(11)18/h4-7,11H,2-3,8H2,1H3,(H,15,18)(H,16,17)/t11-/m0/s1. The molecule has 0 saturated carbocycles. The molecule has 1 fully saturated rings. The van der Waals surface area contributed by atoms with E-state index in [1.165, 1.54) is 31.4 Å². The maximum atomic E-state index is 12.0. The number of amides is 2. The van der Waals surface area contributed by atoms with Gasteiger partial charge in [-0.3, -0.25) is 9.59 Å². The van der Waals surface area contributed by atoms with Crippen LogP contribution in [0.4, 0.5) is 0 Å². The molecule has 0 unspecified atom stereocenters. The summed E-state index contributed by atoms with van der Waals surface area (Å²) in [6.45, 7) is 0.652. The van der Waals surface area contributed by atoms with E-state index in [4.69, 9.17) is 0 Å². The Bertz CT molecular complexity index is 524. The Morgan fingerprint density at radius 2 is 1.90 bits per heavy atom. The zero-order valence-corrected chi connectivity index (χ0v) is 11.1. The van der Waals surface area contributed by atoms with E-state index in [0.717, 1.165) is 6.42 Å². The number of nitrogens with one attached hydrogen (secondary N) is 2. The van der Waals surface area contributed by atoms with Crippen molar-refractivity contribution >= 4 is 17.8 Å². The monoisotopic (exact) mass is 276 g/mol. The third kappa shape index (κ3) is 3.14. The fourth-order valence-corrected chi connectivity index (χ4v) is 2.03. The fourth-order valence-electron chi connectivity index (χ4n) is 2.03. The van der Waals surface area contributed by atoms with Crippen LogP contribution >= 0.6 is 0 Å². The third-order valence-corrected chi connectivity index (χ3v) is 3.16. The van der Waals surface area contributed by atoms with Gasteiger partial charge >= 0.3 is 5.97 Å². The van der Waals surface area contributed by atoms with E-state index in [-0.39, 0.29) is 11.8 Å². The Balaban J connectivity index is 2.02. The minimum Gasteiger partial charge on any atom is -0.465 e. The van der Waals surface area contributed by atoms with Crippen molar-refractivity contribution in [2.75, 3.05) is 13.7 Å². The van der Waals surface area contributed by atoms with Crippen molar-refractivity contribution in [3.05, 3.63) is 35.4 Å². The Kier molecular flexibility index (Phi) is 4.34. The Morgan fingerprint density at radius 1 is 1.25 bits per heavy atom. The van der Waals surface area contributed by atoms with Crippen LogP contribution in [-0.2, 0) is 9.53 Å². The second kappa shape index (κ2) is 6.18. The summed E-state index contributed by atoms with van der Waals surface area (Å²) in [4.78, 5) is 34.8. The molecule has 6 nitrogen and oxygen atoms in total. The van der Waals surface area contributed by atoms with Gasteiger partial charge in [0.2, 0.25) is 5.91 Å². The molecular formula is C14H16N2O4. The van der Waals surface area contributed by atoms with Crippen LogP contribution in [0.15, 0.2) is 24.3 Å². The summed E-state index contributed by atoms with van der Waals surface area (Å²) in [5.41, 5.74) is 0.774. The van der Waals surface area contributed by atoms with Crippen molar-refractivity contribution < 1.29 is 19.1 Å². The van der Waals surface area contributed by atoms with Crippen molar-refractivity contribution in [1.82, 2.24) is 10.6 Å². The average Bonchev–Trinajstić information content (AvgIpc) is 2.49. The molecule has 0 bridgehead atoms. The normalized spacial score (nSPS) is 18.1. The minimum absolute atomic E-state index is 0.157. The maximum Gasteiger partial charge on any atom is 0.337 e. The van der Waals surface area contributed by atoms with Gasteiger partial charge in [-0.2, -0.15) is 0 Å². The van der Waals surface area contributed by atoms with E-state index in [1.54, 1.807) is 0 Å². The zero-order chi connectivity index (χ0) is 14.5. The molecular weight excluding hydrogens is 260 g/mol. The smallest absolute Gasteiger partial charge is 0.337 e. The first kappa shape index (κ1) is 14.0. The molecule has 0 aliphatic carbocycles. The van der Waals surface area contributed by atoms with E-state index in [2.05, 4.69) is 15.4 Å². The quantitative estimate of drug-likeness (QED) is 0.786. The van der Waals surface area contributed by atoms with Crippen LogP contribution in [-0.4, -0.2) is 37.5 Å². The fraction of sp³-hybridized carbons (Fsp3) is 0.357. The van der Waals surface area contributed by atoms with E-state index in [9.17, 15) is 14.4 Å². The van der Waals surface area contributed by atoms with Gasteiger partial charge in [0.25, 0.3) is 5.91 Å². The van der Waals surface area contributed by atoms with Crippen LogP contribution in [0.5, 0.6) is 0 Å². The van der Waals surface area contributed by atoms with E-state index in [0.29, 0.717) is 24.1 Å². The molecule has 1 aromatic carbocycles. The molecule has 1 aliphatic heterocycles. The topological polar surface area (TPSA) is 84.5 Å². The summed E-state index contributed by atoms with van der Waals surface area (Å²) in [5.74, 6) is -0.942. The van der Waals surface area contributed by atoms with Gasteiger partial charge in [-0.25, -0.2) is 4.79 Å². The number of rotatable bonds is 3. The highest BCUT2D eigenvalue weighted by Crippen LogP contribution is 2.08. The number of hydrogen-bond acceptors (Lipinski definition) is 4. The summed E-state index contributed by atoms with van der Waals surface area (Å²) in [7, 11) is 1.30. The number of carbonyl (C=O) groups excluding carboxylic acids is 3. The average molecular weight is 276 g/mol. The molecule has 2 amide bonds. The van der Waals surface area contributed by atoms with Crippen molar-refractivity contribution in [3.8, 4) is 0 Å². The highest BCUT2D eigenvalue weighted by atomic mass is 16.5. The van der Waals surface area contributed by atoms with Gasteiger partial charge < -0.3 is 15.4 Å². The minimum atomic E-state index is -0.489. The van der Waals surface area contributed by atoms with Crippen molar-refractivity contribution in [2.45, 2.75) is 18.9 Å². The van der Waals surface area contributed by atoms with E-state index in [1.807, 2.05) is 0 Å². The highest BCUT2D eigenvalue weighted by molar-refractivity contribution is 5.98. The number of ether oxygens (including phenoxy) is 1. The molecule has 6 heteroatoms. The summed E-state index contributed by atoms with van der Waals surface area (Å²) >= 11 is 0. The predicted molar refractivity (Wildman–Crippen MR) is 71.3 cm³/mol. The molecule has 2 N–H and O–H groups in total. The summed E-state index contributed by atoms with van der Waals surface area (Å²) in [6.07, 6.45) is 1.48. The Morgan fingerprint density at radius 3 is 2.50 bits per heavy atom. The molecule has 1 heterocycles. The molecule has 20 heavy (non-hydrogen) atoms. The number of hydrogen-bond donors (Lipinski definition) is 2. The first-order chi connectivity index (χ1) is 9.61. The van der Waals surface area contributed by atoms with E-state index < -0.39 is 12.0 Å². The highest BCUT2D eigenvalue weighted by Gasteiger charge is 2.23. The van der Waals surface area contributed by atoms with Gasteiger partial charge in [0.1, 0.15) is 6.04 Å². The van der Waals surface area contributed by atoms with Crippen LogP contribution in [0, 0.1) is 0 Å². The lowest BCUT2D eigenvalue weighted by molar-refractivity contribution is -0.124. The number of benzene rings is 1. The van der Waals surface area contributed by atoms with Crippen molar-refractivity contribution in [2.24, 2.45) is 0 Å². The van der Waals surface area contributed by atoms with Crippen molar-refractivity contribution in [3.63, 3.8) is 0 Å². The van der Waals surface area contributed by atoms with Gasteiger partial charge in [-0.1, -0.05) is 0 Å². The van der Waals surface area contributed by atoms with Crippen LogP contribution in [0.2, 0.25) is 0 Å². The lowest BCUT2D eigenvalue weighted by Gasteiger charge is -2.22. The Labute approximate surface area is 116 Å². The zero-order valence-electron chi connectivity index (χ0n) is 11.1. The predicted octanol–water partition coefficient (Wildman–Crippen LogP) is 0.482. The second-order valence-corrected chi connectivity index (χ2v) is 4.53. The van der Waals surface area contributed by atoms with Gasteiger partial charge in [-0.15, -0.1) is 0 Å². The largest absolute Gasteiger partial charge is 0.465 e. The van der Waals surface area contributed by atoms with Crippen molar-refractivity contribution in [1.29, 1.82) is 0 Å². The molecule has 0 spiro atoms. The number of esters is 1. The van der Waals surface area contributed by atoms with Crippen LogP contribution < -0.4 is 10.6 Å². The molecule has 106 valence electrons. The molecule has 1 saturated heterocycles. The molecule has 0 aromatic heterocycles. The van der Waals surface area contributed by atoms with Crippen LogP contribution in [0.3, 0.4) is 0 Å². The lowest BCUT2D eigenvalue weighted by Crippen LogP contribution is -2.50. The van der Waals surface area contributed by atoms with E-state index >= 15 is 0 Å². The summed E-state index contributed by atoms with van der Waals surface area (Å²) in [5, 5.41) is 5.39.